The van der Waals surface area contributed by atoms with E-state index in [1.165, 1.54) is 11.1 Å². The van der Waals surface area contributed by atoms with E-state index in [4.69, 9.17) is 0 Å². The molecule has 0 aromatic heterocycles. The quantitative estimate of drug-likeness (QED) is 0.573. The van der Waals surface area contributed by atoms with Gasteiger partial charge in [0.25, 0.3) is 0 Å². The first kappa shape index (κ1) is 10.6. The van der Waals surface area contributed by atoms with Gasteiger partial charge in [0.15, 0.2) is 0 Å². The van der Waals surface area contributed by atoms with Crippen molar-refractivity contribution in [2.24, 2.45) is 0 Å². The van der Waals surface area contributed by atoms with Crippen molar-refractivity contribution in [3.8, 4) is 0 Å². The third-order valence-electron chi connectivity index (χ3n) is 1.43. The summed E-state index contributed by atoms with van der Waals surface area (Å²) in [6.07, 6.45) is 4.08. The minimum Gasteiger partial charge on any atom is -0.169 e. The molecule has 0 amide bonds. The third kappa shape index (κ3) is 4.91. The van der Waals surface area contributed by atoms with Crippen molar-refractivity contribution in [1.29, 1.82) is 0 Å². The van der Waals surface area contributed by atoms with Gasteiger partial charge in [0.2, 0.25) is 0 Å². The molecule has 1 aromatic carbocycles. The molecular weight excluding hydrogens is 152 g/mol. The average molecular weight is 168 g/mol. The first-order chi connectivity index (χ1) is 5.22. The summed E-state index contributed by atoms with van der Waals surface area (Å²) in [6.45, 7) is 4.24. The van der Waals surface area contributed by atoms with Crippen LogP contribution in [0.1, 0.15) is 11.1 Å². The molecule has 0 spiro atoms. The van der Waals surface area contributed by atoms with Crippen molar-refractivity contribution >= 4 is 11.8 Å². The zero-order valence-electron chi connectivity index (χ0n) is 7.72. The first-order valence-corrected chi connectivity index (χ1v) is 5.28. The predicted molar refractivity (Wildman–Crippen MR) is 55.4 cm³/mol. The van der Waals surface area contributed by atoms with Gasteiger partial charge in [-0.25, -0.2) is 0 Å². The number of benzene rings is 1. The van der Waals surface area contributed by atoms with Crippen LogP contribution in [0.4, 0.5) is 0 Å². The molecule has 1 aromatic rings. The van der Waals surface area contributed by atoms with Crippen LogP contribution in [0.25, 0.3) is 0 Å². The summed E-state index contributed by atoms with van der Waals surface area (Å²) in [5, 5.41) is 0. The Balaban J connectivity index is 0.000000292. The molecule has 0 aliphatic heterocycles. The fraction of sp³-hybridized carbons (Fsp3) is 0.400. The van der Waals surface area contributed by atoms with Gasteiger partial charge < -0.3 is 0 Å². The Labute approximate surface area is 74.0 Å². The molecule has 1 rings (SSSR count). The topological polar surface area (TPSA) is 0 Å². The zero-order chi connectivity index (χ0) is 8.69. The van der Waals surface area contributed by atoms with Gasteiger partial charge in [-0.15, -0.1) is 0 Å². The lowest BCUT2D eigenvalue weighted by atomic mass is 10.1. The Bertz CT molecular complexity index is 173. The van der Waals surface area contributed by atoms with Crippen LogP contribution < -0.4 is 0 Å². The molecule has 0 radical (unpaired) electrons. The Morgan fingerprint density at radius 2 is 1.18 bits per heavy atom. The number of hydrogen-bond acceptors (Lipinski definition) is 1. The molecule has 0 saturated heterocycles. The van der Waals surface area contributed by atoms with Gasteiger partial charge in [-0.3, -0.25) is 0 Å². The fourth-order valence-electron chi connectivity index (χ4n) is 0.663. The van der Waals surface area contributed by atoms with Gasteiger partial charge in [0, 0.05) is 0 Å². The molecule has 0 aliphatic carbocycles. The maximum Gasteiger partial charge on any atom is -0.0187 e. The summed E-state index contributed by atoms with van der Waals surface area (Å²) >= 11 is 1.75. The number of hydrogen-bond donors (Lipinski definition) is 0. The van der Waals surface area contributed by atoms with E-state index in [0.29, 0.717) is 0 Å². The van der Waals surface area contributed by atoms with E-state index in [2.05, 4.69) is 38.1 Å². The van der Waals surface area contributed by atoms with Crippen molar-refractivity contribution < 1.29 is 0 Å². The lowest BCUT2D eigenvalue weighted by Gasteiger charge is -1.93. The van der Waals surface area contributed by atoms with E-state index in [1.54, 1.807) is 11.8 Å². The summed E-state index contributed by atoms with van der Waals surface area (Å²) in [4.78, 5) is 0. The molecule has 0 saturated carbocycles. The van der Waals surface area contributed by atoms with Crippen molar-refractivity contribution in [1.82, 2.24) is 0 Å². The molecule has 0 aliphatic rings. The Morgan fingerprint density at radius 1 is 0.909 bits per heavy atom. The third-order valence-corrected chi connectivity index (χ3v) is 1.43. The van der Waals surface area contributed by atoms with E-state index in [9.17, 15) is 0 Å². The lowest BCUT2D eigenvalue weighted by molar-refractivity contribution is 1.34. The second-order valence-electron chi connectivity index (χ2n) is 2.49. The van der Waals surface area contributed by atoms with E-state index in [0.717, 1.165) is 0 Å². The fourth-order valence-corrected chi connectivity index (χ4v) is 0.663. The van der Waals surface area contributed by atoms with Crippen LogP contribution in [0.5, 0.6) is 0 Å². The Hall–Kier alpha value is -0.430. The van der Waals surface area contributed by atoms with Crippen molar-refractivity contribution in [3.63, 3.8) is 0 Å². The molecule has 0 fully saturated rings. The van der Waals surface area contributed by atoms with Crippen LogP contribution in [0.15, 0.2) is 24.3 Å². The second kappa shape index (κ2) is 6.29. The highest BCUT2D eigenvalue weighted by atomic mass is 32.2. The monoisotopic (exact) mass is 168 g/mol. The van der Waals surface area contributed by atoms with Crippen LogP contribution in [0.3, 0.4) is 0 Å². The maximum absolute atomic E-state index is 2.12. The highest BCUT2D eigenvalue weighted by Crippen LogP contribution is 2.02. The molecule has 0 atom stereocenters. The van der Waals surface area contributed by atoms with Gasteiger partial charge in [-0.05, 0) is 37.5 Å². The van der Waals surface area contributed by atoms with Crippen molar-refractivity contribution in [2.45, 2.75) is 13.8 Å². The normalized spacial score (nSPS) is 8.36. The summed E-state index contributed by atoms with van der Waals surface area (Å²) in [5.74, 6) is 0. The highest BCUT2D eigenvalue weighted by Gasteiger charge is 1.83. The van der Waals surface area contributed by atoms with Gasteiger partial charge in [-0.1, -0.05) is 24.3 Å². The molecule has 0 nitrogen and oxygen atoms in total. The SMILES string of the molecule is CSC.Cc1ccccc1C. The number of aryl methyl sites for hydroxylation is 2. The minimum atomic E-state index is 1.37. The van der Waals surface area contributed by atoms with E-state index >= 15 is 0 Å². The van der Waals surface area contributed by atoms with E-state index in [-0.39, 0.29) is 0 Å². The highest BCUT2D eigenvalue weighted by molar-refractivity contribution is 7.97. The van der Waals surface area contributed by atoms with Crippen LogP contribution >= 0.6 is 11.8 Å². The molecule has 0 N–H and O–H groups in total. The van der Waals surface area contributed by atoms with Crippen LogP contribution in [-0.2, 0) is 0 Å². The number of thioether (sulfide) groups is 1. The standard InChI is InChI=1S/C8H10.C2H6S/c1-7-5-3-4-6-8(7)2;1-3-2/h3-6H,1-2H3;1-2H3. The second-order valence-corrected chi connectivity index (χ2v) is 3.31. The summed E-state index contributed by atoms with van der Waals surface area (Å²) in [5.41, 5.74) is 2.74. The molecule has 0 heterocycles. The van der Waals surface area contributed by atoms with E-state index in [1.807, 2.05) is 12.5 Å². The van der Waals surface area contributed by atoms with Crippen molar-refractivity contribution in [2.75, 3.05) is 12.5 Å². The first-order valence-electron chi connectivity index (χ1n) is 3.64. The maximum atomic E-state index is 2.12. The smallest absolute Gasteiger partial charge is 0.0187 e. The largest absolute Gasteiger partial charge is 0.169 e. The molecule has 1 heteroatoms. The molecule has 0 bridgehead atoms. The van der Waals surface area contributed by atoms with Gasteiger partial charge in [0.1, 0.15) is 0 Å². The summed E-state index contributed by atoms with van der Waals surface area (Å²) in [6, 6.07) is 8.36. The summed E-state index contributed by atoms with van der Waals surface area (Å²) in [7, 11) is 0. The molecular formula is C10H16S. The lowest BCUT2D eigenvalue weighted by Crippen LogP contribution is -1.74. The van der Waals surface area contributed by atoms with Crippen LogP contribution in [-0.4, -0.2) is 12.5 Å². The molecule has 0 unspecified atom stereocenters. The molecule has 62 valence electrons. The minimum absolute atomic E-state index is 1.37. The van der Waals surface area contributed by atoms with Gasteiger partial charge >= 0.3 is 0 Å². The van der Waals surface area contributed by atoms with Gasteiger partial charge in [-0.2, -0.15) is 11.8 Å². The van der Waals surface area contributed by atoms with Crippen molar-refractivity contribution in [3.05, 3.63) is 35.4 Å². The van der Waals surface area contributed by atoms with Gasteiger partial charge in [0.05, 0.1) is 0 Å². The zero-order valence-corrected chi connectivity index (χ0v) is 8.53. The Morgan fingerprint density at radius 3 is 1.36 bits per heavy atom. The Kier molecular flexibility index (Phi) is 6.05. The summed E-state index contributed by atoms with van der Waals surface area (Å²) < 4.78 is 0. The average Bonchev–Trinajstić information content (AvgIpc) is 1.97. The van der Waals surface area contributed by atoms with Crippen LogP contribution in [0, 0.1) is 13.8 Å². The van der Waals surface area contributed by atoms with E-state index < -0.39 is 0 Å². The molecule has 11 heavy (non-hydrogen) atoms. The predicted octanol–water partition coefficient (Wildman–Crippen LogP) is 3.28. The number of rotatable bonds is 0. The van der Waals surface area contributed by atoms with Crippen LogP contribution in [0.2, 0.25) is 0 Å².